The van der Waals surface area contributed by atoms with E-state index in [-0.39, 0.29) is 16.8 Å². The van der Waals surface area contributed by atoms with Gasteiger partial charge in [-0.1, -0.05) is 12.1 Å². The summed E-state index contributed by atoms with van der Waals surface area (Å²) in [6, 6.07) is 9.16. The van der Waals surface area contributed by atoms with Crippen LogP contribution in [0.15, 0.2) is 41.5 Å². The van der Waals surface area contributed by atoms with Gasteiger partial charge in [-0.2, -0.15) is 18.3 Å². The highest BCUT2D eigenvalue weighted by Crippen LogP contribution is 2.37. The van der Waals surface area contributed by atoms with Crippen molar-refractivity contribution in [3.63, 3.8) is 0 Å². The molecule has 2 saturated heterocycles. The Balaban J connectivity index is 1.53. The van der Waals surface area contributed by atoms with Gasteiger partial charge in [0.2, 0.25) is 0 Å². The highest BCUT2D eigenvalue weighted by Gasteiger charge is 2.31. The van der Waals surface area contributed by atoms with Crippen molar-refractivity contribution in [1.82, 2.24) is 10.3 Å². The average molecular weight is 537 g/mol. The van der Waals surface area contributed by atoms with E-state index in [4.69, 9.17) is 18.0 Å². The number of hydrogen-bond acceptors (Lipinski definition) is 5. The molecule has 0 aliphatic carbocycles. The van der Waals surface area contributed by atoms with Crippen LogP contribution >= 0.6 is 12.2 Å². The molecule has 0 saturated carbocycles. The number of piperidine rings is 1. The Hall–Kier alpha value is -2.92. The Morgan fingerprint density at radius 1 is 1.05 bits per heavy atom. The zero-order valence-corrected chi connectivity index (χ0v) is 21.7. The molecule has 3 N–H and O–H groups in total. The summed E-state index contributed by atoms with van der Waals surface area (Å²) < 4.78 is 54.1. The molecule has 4 rings (SSSR count). The average Bonchev–Trinajstić information content (AvgIpc) is 3.34. The van der Waals surface area contributed by atoms with E-state index >= 15 is 4.39 Å². The van der Waals surface area contributed by atoms with Crippen LogP contribution < -0.4 is 21.0 Å². The third-order valence-corrected chi connectivity index (χ3v) is 7.35. The SMILES string of the molecule is CN(C)[C@@H]1CCN(c2cc(N3CCC(c4ccc(C(F)(F)F)cc4)CC3)c(F)cc2/C=N/NC(N)=S)C1. The van der Waals surface area contributed by atoms with Gasteiger partial charge in [0.25, 0.3) is 0 Å². The van der Waals surface area contributed by atoms with E-state index < -0.39 is 11.7 Å². The van der Waals surface area contributed by atoms with Crippen LogP contribution in [0.1, 0.15) is 41.9 Å². The van der Waals surface area contributed by atoms with E-state index in [1.165, 1.54) is 12.3 Å². The molecule has 0 amide bonds. The number of hydrogen-bond donors (Lipinski definition) is 2. The predicted octanol–water partition coefficient (Wildman–Crippen LogP) is 4.54. The van der Waals surface area contributed by atoms with Gasteiger partial charge in [0.05, 0.1) is 17.5 Å². The third-order valence-electron chi connectivity index (χ3n) is 7.25. The van der Waals surface area contributed by atoms with E-state index in [0.29, 0.717) is 30.4 Å². The van der Waals surface area contributed by atoms with Crippen molar-refractivity contribution in [1.29, 1.82) is 0 Å². The van der Waals surface area contributed by atoms with Crippen LogP contribution in [0.5, 0.6) is 0 Å². The van der Waals surface area contributed by atoms with Crippen molar-refractivity contribution in [3.05, 3.63) is 58.9 Å². The predicted molar refractivity (Wildman–Crippen MR) is 144 cm³/mol. The molecule has 2 aromatic rings. The lowest BCUT2D eigenvalue weighted by atomic mass is 9.88. The van der Waals surface area contributed by atoms with Crippen LogP contribution in [0.2, 0.25) is 0 Å². The summed E-state index contributed by atoms with van der Waals surface area (Å²) in [6.45, 7) is 2.88. The Morgan fingerprint density at radius 2 is 1.70 bits per heavy atom. The Morgan fingerprint density at radius 3 is 2.27 bits per heavy atom. The number of rotatable bonds is 6. The molecule has 37 heavy (non-hydrogen) atoms. The van der Waals surface area contributed by atoms with Crippen molar-refractivity contribution in [3.8, 4) is 0 Å². The number of hydrazone groups is 1. The van der Waals surface area contributed by atoms with Gasteiger partial charge in [0, 0.05) is 43.5 Å². The first-order valence-electron chi connectivity index (χ1n) is 12.3. The van der Waals surface area contributed by atoms with Crippen LogP contribution in [0.3, 0.4) is 0 Å². The Bertz CT molecular complexity index is 1130. The molecule has 2 fully saturated rings. The Labute approximate surface area is 220 Å². The minimum Gasteiger partial charge on any atom is -0.375 e. The van der Waals surface area contributed by atoms with Crippen LogP contribution in [0, 0.1) is 5.82 Å². The summed E-state index contributed by atoms with van der Waals surface area (Å²) in [5, 5.41) is 4.07. The molecule has 0 radical (unpaired) electrons. The second-order valence-electron chi connectivity index (χ2n) is 9.83. The van der Waals surface area contributed by atoms with Crippen molar-refractivity contribution in [2.45, 2.75) is 37.4 Å². The summed E-state index contributed by atoms with van der Waals surface area (Å²) in [5.41, 5.74) is 10.3. The smallest absolute Gasteiger partial charge is 0.375 e. The van der Waals surface area contributed by atoms with Gasteiger partial charge in [-0.3, -0.25) is 5.43 Å². The minimum atomic E-state index is -4.35. The van der Waals surface area contributed by atoms with Gasteiger partial charge in [0.1, 0.15) is 5.82 Å². The van der Waals surface area contributed by atoms with Gasteiger partial charge < -0.3 is 20.4 Å². The van der Waals surface area contributed by atoms with Crippen molar-refractivity contribution in [2.24, 2.45) is 10.8 Å². The molecule has 0 spiro atoms. The third kappa shape index (κ3) is 6.51. The maximum Gasteiger partial charge on any atom is 0.416 e. The number of anilines is 2. The summed E-state index contributed by atoms with van der Waals surface area (Å²) in [6.07, 6.45) is -0.357. The van der Waals surface area contributed by atoms with Gasteiger partial charge in [-0.25, -0.2) is 4.39 Å². The fourth-order valence-corrected chi connectivity index (χ4v) is 5.18. The van der Waals surface area contributed by atoms with Crippen LogP contribution in [0.4, 0.5) is 28.9 Å². The van der Waals surface area contributed by atoms with Gasteiger partial charge in [-0.05, 0) is 81.3 Å². The normalized spacial score (nSPS) is 19.3. The van der Waals surface area contributed by atoms with Crippen LogP contribution in [-0.4, -0.2) is 62.5 Å². The summed E-state index contributed by atoms with van der Waals surface area (Å²) in [4.78, 5) is 6.45. The monoisotopic (exact) mass is 536 g/mol. The molecule has 0 bridgehead atoms. The molecule has 6 nitrogen and oxygen atoms in total. The fraction of sp³-hybridized carbons (Fsp3) is 0.462. The van der Waals surface area contributed by atoms with E-state index in [2.05, 4.69) is 34.4 Å². The lowest BCUT2D eigenvalue weighted by molar-refractivity contribution is -0.137. The summed E-state index contributed by atoms with van der Waals surface area (Å²) in [7, 11) is 4.11. The second-order valence-corrected chi connectivity index (χ2v) is 10.3. The topological polar surface area (TPSA) is 60.1 Å². The maximum absolute atomic E-state index is 15.4. The number of halogens is 4. The van der Waals surface area contributed by atoms with Crippen LogP contribution in [-0.2, 0) is 6.18 Å². The molecule has 2 aliphatic rings. The van der Waals surface area contributed by atoms with Gasteiger partial charge in [0.15, 0.2) is 5.11 Å². The first-order valence-corrected chi connectivity index (χ1v) is 12.7. The van der Waals surface area contributed by atoms with Crippen molar-refractivity contribution in [2.75, 3.05) is 50.1 Å². The number of alkyl halides is 3. The first-order chi connectivity index (χ1) is 17.5. The number of nitrogens with one attached hydrogen (secondary N) is 1. The zero-order chi connectivity index (χ0) is 26.7. The number of thiocarbonyl (C=S) groups is 1. The maximum atomic E-state index is 15.4. The molecule has 2 aromatic carbocycles. The number of nitrogens with two attached hydrogens (primary N) is 1. The highest BCUT2D eigenvalue weighted by molar-refractivity contribution is 7.80. The lowest BCUT2D eigenvalue weighted by Gasteiger charge is -2.35. The lowest BCUT2D eigenvalue weighted by Crippen LogP contribution is -2.34. The fourth-order valence-electron chi connectivity index (χ4n) is 5.13. The van der Waals surface area contributed by atoms with Crippen molar-refractivity contribution >= 4 is 34.9 Å². The zero-order valence-electron chi connectivity index (χ0n) is 20.9. The Kier molecular flexibility index (Phi) is 8.23. The summed E-state index contributed by atoms with van der Waals surface area (Å²) >= 11 is 4.80. The van der Waals surface area contributed by atoms with E-state index in [1.807, 2.05) is 11.0 Å². The molecule has 200 valence electrons. The van der Waals surface area contributed by atoms with Gasteiger partial charge >= 0.3 is 6.18 Å². The molecular weight excluding hydrogens is 504 g/mol. The number of nitrogens with zero attached hydrogens (tertiary/aromatic N) is 4. The first kappa shape index (κ1) is 27.1. The largest absolute Gasteiger partial charge is 0.416 e. The molecule has 0 unspecified atom stereocenters. The van der Waals surface area contributed by atoms with Crippen LogP contribution in [0.25, 0.3) is 0 Å². The standard InChI is InChI=1S/C26H32F4N6S/c1-34(2)21-9-12-36(16-21)23-14-24(22(27)13-19(23)15-32-33-25(31)37)35-10-7-18(8-11-35)17-3-5-20(6-4-17)26(28,29)30/h3-6,13-15,18,21H,7-12,16H2,1-2H3,(H3,31,33,37)/b32-15+/t21-/m1/s1. The van der Waals surface area contributed by atoms with E-state index in [9.17, 15) is 13.2 Å². The molecular formula is C26H32F4N6S. The quantitative estimate of drug-likeness (QED) is 0.245. The highest BCUT2D eigenvalue weighted by atomic mass is 32.1. The number of likely N-dealkylation sites (N-methyl/N-ethyl adjacent to an activating group) is 1. The molecule has 11 heteroatoms. The molecule has 0 aromatic heterocycles. The molecule has 2 heterocycles. The minimum absolute atomic E-state index is 0.0275. The van der Waals surface area contributed by atoms with E-state index in [0.717, 1.165) is 55.7 Å². The van der Waals surface area contributed by atoms with Crippen molar-refractivity contribution < 1.29 is 17.6 Å². The summed E-state index contributed by atoms with van der Waals surface area (Å²) in [5.74, 6) is -0.213. The van der Waals surface area contributed by atoms with Gasteiger partial charge in [-0.15, -0.1) is 0 Å². The van der Waals surface area contributed by atoms with E-state index in [1.54, 1.807) is 12.1 Å². The number of benzene rings is 2. The second kappa shape index (κ2) is 11.2. The molecule has 2 aliphatic heterocycles. The molecule has 1 atom stereocenters.